The fourth-order valence-corrected chi connectivity index (χ4v) is 3.57. The maximum Gasteiger partial charge on any atom is 0.0783 e. The van der Waals surface area contributed by atoms with Crippen molar-refractivity contribution in [1.29, 1.82) is 0 Å². The van der Waals surface area contributed by atoms with Gasteiger partial charge in [0.25, 0.3) is 0 Å². The van der Waals surface area contributed by atoms with Crippen LogP contribution in [-0.2, 0) is 0 Å². The van der Waals surface area contributed by atoms with Crippen molar-refractivity contribution < 1.29 is 10.2 Å². The Balaban J connectivity index is 4.55. The van der Waals surface area contributed by atoms with Gasteiger partial charge < -0.3 is 26.2 Å². The van der Waals surface area contributed by atoms with E-state index < -0.39 is 6.10 Å². The van der Waals surface area contributed by atoms with Gasteiger partial charge in [-0.2, -0.15) is 0 Å². The summed E-state index contributed by atoms with van der Waals surface area (Å²) in [7, 11) is 0. The van der Waals surface area contributed by atoms with Gasteiger partial charge in [0.15, 0.2) is 0 Å². The minimum atomic E-state index is -0.677. The second-order valence-electron chi connectivity index (χ2n) is 8.41. The Bertz CT molecular complexity index is 637. The summed E-state index contributed by atoms with van der Waals surface area (Å²) in [5.41, 5.74) is 3.25. The molecule has 0 aliphatic rings. The molecule has 0 spiro atoms. The summed E-state index contributed by atoms with van der Waals surface area (Å²) < 4.78 is 0. The van der Waals surface area contributed by atoms with E-state index in [1.807, 2.05) is 51.2 Å². The molecule has 5 heteroatoms. The van der Waals surface area contributed by atoms with Crippen molar-refractivity contribution in [3.05, 3.63) is 72.9 Å². The van der Waals surface area contributed by atoms with Crippen LogP contribution in [0.4, 0.5) is 0 Å². The van der Waals surface area contributed by atoms with Gasteiger partial charge in [-0.1, -0.05) is 56.2 Å². The van der Waals surface area contributed by atoms with Crippen LogP contribution in [0.2, 0.25) is 0 Å². The minimum absolute atomic E-state index is 0.153. The molecule has 3 atom stereocenters. The van der Waals surface area contributed by atoms with Gasteiger partial charge in [-0.05, 0) is 89.2 Å². The highest BCUT2D eigenvalue weighted by Gasteiger charge is 2.13. The first-order valence-electron chi connectivity index (χ1n) is 12.3. The Hall–Kier alpha value is -1.76. The molecule has 0 amide bonds. The molecule has 188 valence electrons. The Labute approximate surface area is 203 Å². The third-order valence-corrected chi connectivity index (χ3v) is 5.40. The lowest BCUT2D eigenvalue weighted by molar-refractivity contribution is 0.0878. The van der Waals surface area contributed by atoms with Crippen LogP contribution in [-0.4, -0.2) is 61.2 Å². The highest BCUT2D eigenvalue weighted by Crippen LogP contribution is 2.12. The molecule has 5 N–H and O–H groups in total. The minimum Gasteiger partial charge on any atom is -0.394 e. The number of hydrogen-bond donors (Lipinski definition) is 5. The monoisotopic (exact) mass is 459 g/mol. The average Bonchev–Trinajstić information content (AvgIpc) is 2.79. The number of aliphatic hydroxyl groups excluding tert-OH is 2. The van der Waals surface area contributed by atoms with Crippen molar-refractivity contribution in [3.8, 4) is 0 Å². The fraction of sp³-hybridized carbons (Fsp3) is 0.571. The van der Waals surface area contributed by atoms with Crippen LogP contribution in [0.25, 0.3) is 0 Å². The van der Waals surface area contributed by atoms with Gasteiger partial charge >= 0.3 is 0 Å². The summed E-state index contributed by atoms with van der Waals surface area (Å²) in [5, 5.41) is 29.2. The zero-order valence-corrected chi connectivity index (χ0v) is 21.3. The molecule has 3 unspecified atom stereocenters. The highest BCUT2D eigenvalue weighted by atomic mass is 16.3. The molecule has 0 fully saturated rings. The van der Waals surface area contributed by atoms with Crippen LogP contribution in [0, 0.1) is 0 Å². The molecule has 0 aromatic carbocycles. The molecule has 5 nitrogen and oxygen atoms in total. The lowest BCUT2D eigenvalue weighted by Gasteiger charge is -2.23. The quantitative estimate of drug-likeness (QED) is 0.131. The van der Waals surface area contributed by atoms with E-state index in [4.69, 9.17) is 5.11 Å². The van der Waals surface area contributed by atoms with Gasteiger partial charge in [0.1, 0.15) is 0 Å². The van der Waals surface area contributed by atoms with Crippen molar-refractivity contribution in [2.45, 2.75) is 71.1 Å². The second-order valence-corrected chi connectivity index (χ2v) is 8.41. The fourth-order valence-electron chi connectivity index (χ4n) is 3.57. The molecule has 33 heavy (non-hydrogen) atoms. The summed E-state index contributed by atoms with van der Waals surface area (Å²) >= 11 is 0. The molecule has 0 aliphatic heterocycles. The summed E-state index contributed by atoms with van der Waals surface area (Å²) in [4.78, 5) is 0. The van der Waals surface area contributed by atoms with E-state index in [1.54, 1.807) is 0 Å². The third kappa shape index (κ3) is 16.5. The van der Waals surface area contributed by atoms with Crippen LogP contribution < -0.4 is 16.0 Å². The van der Waals surface area contributed by atoms with Crippen LogP contribution in [0.15, 0.2) is 72.9 Å². The summed E-state index contributed by atoms with van der Waals surface area (Å²) in [6, 6.07) is 0.409. The van der Waals surface area contributed by atoms with Gasteiger partial charge in [0.05, 0.1) is 12.7 Å². The largest absolute Gasteiger partial charge is 0.394 e. The molecular formula is C28H49N3O2. The van der Waals surface area contributed by atoms with E-state index in [0.717, 1.165) is 62.0 Å². The average molecular weight is 460 g/mol. The van der Waals surface area contributed by atoms with Crippen LogP contribution in [0.5, 0.6) is 0 Å². The Morgan fingerprint density at radius 1 is 0.758 bits per heavy atom. The molecule has 0 aromatic heterocycles. The lowest BCUT2D eigenvalue weighted by atomic mass is 10.0. The maximum absolute atomic E-state index is 9.58. The zero-order valence-electron chi connectivity index (χ0n) is 21.3. The van der Waals surface area contributed by atoms with Gasteiger partial charge in [0, 0.05) is 18.6 Å². The number of nitrogens with one attached hydrogen (secondary N) is 3. The van der Waals surface area contributed by atoms with Crippen molar-refractivity contribution in [3.63, 3.8) is 0 Å². The molecule has 0 rings (SSSR count). The van der Waals surface area contributed by atoms with Crippen LogP contribution >= 0.6 is 0 Å². The van der Waals surface area contributed by atoms with E-state index in [0.29, 0.717) is 13.0 Å². The maximum atomic E-state index is 9.58. The zero-order chi connectivity index (χ0) is 24.9. The van der Waals surface area contributed by atoms with Crippen molar-refractivity contribution in [1.82, 2.24) is 16.0 Å². The van der Waals surface area contributed by atoms with Gasteiger partial charge in [-0.3, -0.25) is 0 Å². The Morgan fingerprint density at radius 2 is 1.27 bits per heavy atom. The molecule has 0 aliphatic carbocycles. The molecule has 0 saturated carbocycles. The lowest BCUT2D eigenvalue weighted by Crippen LogP contribution is -2.35. The van der Waals surface area contributed by atoms with Crippen LogP contribution in [0.3, 0.4) is 0 Å². The van der Waals surface area contributed by atoms with Gasteiger partial charge in [-0.25, -0.2) is 0 Å². The molecule has 0 aromatic rings. The van der Waals surface area contributed by atoms with E-state index in [1.165, 1.54) is 0 Å². The smallest absolute Gasteiger partial charge is 0.0783 e. The molecule has 0 bridgehead atoms. The highest BCUT2D eigenvalue weighted by molar-refractivity contribution is 5.21. The summed E-state index contributed by atoms with van der Waals surface area (Å²) in [5.74, 6) is 0. The van der Waals surface area contributed by atoms with E-state index >= 15 is 0 Å². The number of hydrogen-bond acceptors (Lipinski definition) is 5. The second kappa shape index (κ2) is 20.8. The molecule has 0 radical (unpaired) electrons. The predicted octanol–water partition coefficient (Wildman–Crippen LogP) is 4.19. The standard InChI is InChI=1S/C28H49N3O2/c1-7-12-23(4)21-29-18-10-15-27(24(5)13-8-2)30-19-11-16-28(25(6)14-9-3)31-20-17-26(33)22-32/h7-9,12-14,26-33H,4-6,10-11,15-22H2,1-3H3/b12-7-,13-8-,14-9-. The Morgan fingerprint density at radius 3 is 1.79 bits per heavy atom. The number of allylic oxidation sites excluding steroid dienone is 3. The molecule has 0 heterocycles. The van der Waals surface area contributed by atoms with Crippen molar-refractivity contribution in [2.75, 3.05) is 32.8 Å². The number of rotatable bonds is 21. The first-order chi connectivity index (χ1) is 15.9. The normalized spacial score (nSPS) is 14.8. The first-order valence-corrected chi connectivity index (χ1v) is 12.3. The number of aliphatic hydroxyl groups is 2. The summed E-state index contributed by atoms with van der Waals surface area (Å²) in [6.07, 6.45) is 16.1. The Kier molecular flexibility index (Phi) is 19.7. The van der Waals surface area contributed by atoms with Crippen molar-refractivity contribution >= 4 is 0 Å². The predicted molar refractivity (Wildman–Crippen MR) is 144 cm³/mol. The molecule has 0 saturated heterocycles. The molecular weight excluding hydrogens is 410 g/mol. The van der Waals surface area contributed by atoms with E-state index in [9.17, 15) is 5.11 Å². The van der Waals surface area contributed by atoms with Gasteiger partial charge in [0.2, 0.25) is 0 Å². The SMILES string of the molecule is C=C(/C=C\C)CNCCCC(NCCCC(NCCC(O)CO)C(=C)/C=C\C)C(=C)/C=C\C. The van der Waals surface area contributed by atoms with Gasteiger partial charge in [-0.15, -0.1) is 0 Å². The van der Waals surface area contributed by atoms with E-state index in [2.05, 4.69) is 41.8 Å². The van der Waals surface area contributed by atoms with Crippen molar-refractivity contribution in [2.24, 2.45) is 0 Å². The topological polar surface area (TPSA) is 76.5 Å². The third-order valence-electron chi connectivity index (χ3n) is 5.40. The van der Waals surface area contributed by atoms with E-state index in [-0.39, 0.29) is 18.7 Å². The summed E-state index contributed by atoms with van der Waals surface area (Å²) in [6.45, 7) is 21.6. The van der Waals surface area contributed by atoms with Crippen LogP contribution in [0.1, 0.15) is 52.9 Å². The first kappa shape index (κ1) is 31.2.